The van der Waals surface area contributed by atoms with Crippen LogP contribution in [0.4, 0.5) is 0 Å². The molecule has 0 aliphatic carbocycles. The van der Waals surface area contributed by atoms with Crippen molar-refractivity contribution in [3.8, 4) is 11.5 Å². The van der Waals surface area contributed by atoms with Gasteiger partial charge in [0.15, 0.2) is 0 Å². The van der Waals surface area contributed by atoms with Crippen molar-refractivity contribution in [1.29, 1.82) is 0 Å². The van der Waals surface area contributed by atoms with Crippen LogP contribution in [0.25, 0.3) is 0 Å². The summed E-state index contributed by atoms with van der Waals surface area (Å²) in [7, 11) is 0. The lowest BCUT2D eigenvalue weighted by Crippen LogP contribution is -2.47. The second kappa shape index (κ2) is 12.4. The summed E-state index contributed by atoms with van der Waals surface area (Å²) in [6.07, 6.45) is 3.99. The van der Waals surface area contributed by atoms with E-state index in [2.05, 4.69) is 50.2 Å². The normalized spacial score (nSPS) is 18.2. The fourth-order valence-corrected chi connectivity index (χ4v) is 4.29. The van der Waals surface area contributed by atoms with Crippen molar-refractivity contribution in [1.82, 2.24) is 0 Å². The Morgan fingerprint density at radius 1 is 0.727 bits per heavy atom. The van der Waals surface area contributed by atoms with Crippen LogP contribution in [0.2, 0.25) is 0 Å². The van der Waals surface area contributed by atoms with Gasteiger partial charge in [0.1, 0.15) is 11.5 Å². The summed E-state index contributed by atoms with van der Waals surface area (Å²) in [6, 6.07) is 16.7. The third-order valence-corrected chi connectivity index (χ3v) is 6.68. The SMILES string of the molecule is CCc1cccc(OCCC(OC(CCOc2cccc(CC)c2)C2COC2)C2COC2)c1. The molecule has 0 N–H and O–H groups in total. The molecule has 0 amide bonds. The van der Waals surface area contributed by atoms with Crippen molar-refractivity contribution in [3.63, 3.8) is 0 Å². The van der Waals surface area contributed by atoms with Gasteiger partial charge in [0.2, 0.25) is 0 Å². The zero-order valence-corrected chi connectivity index (χ0v) is 20.0. The van der Waals surface area contributed by atoms with Gasteiger partial charge in [-0.25, -0.2) is 0 Å². The number of hydrogen-bond acceptors (Lipinski definition) is 5. The molecule has 0 aromatic heterocycles. The van der Waals surface area contributed by atoms with Crippen molar-refractivity contribution in [3.05, 3.63) is 59.7 Å². The van der Waals surface area contributed by atoms with E-state index in [0.717, 1.165) is 63.6 Å². The minimum absolute atomic E-state index is 0.127. The molecule has 5 nitrogen and oxygen atoms in total. The quantitative estimate of drug-likeness (QED) is 0.398. The molecule has 2 aliphatic rings. The van der Waals surface area contributed by atoms with E-state index in [9.17, 15) is 0 Å². The van der Waals surface area contributed by atoms with Crippen LogP contribution in [-0.4, -0.2) is 51.8 Å². The van der Waals surface area contributed by atoms with Crippen LogP contribution in [0.15, 0.2) is 48.5 Å². The molecule has 2 atom stereocenters. The van der Waals surface area contributed by atoms with Gasteiger partial charge in [-0.05, 0) is 48.2 Å². The van der Waals surface area contributed by atoms with E-state index in [1.807, 2.05) is 12.1 Å². The van der Waals surface area contributed by atoms with E-state index in [-0.39, 0.29) is 12.2 Å². The van der Waals surface area contributed by atoms with Gasteiger partial charge in [-0.1, -0.05) is 38.1 Å². The van der Waals surface area contributed by atoms with Gasteiger partial charge < -0.3 is 23.7 Å². The van der Waals surface area contributed by atoms with Gasteiger partial charge >= 0.3 is 0 Å². The molecule has 0 bridgehead atoms. The lowest BCUT2D eigenvalue weighted by Gasteiger charge is -2.40. The minimum Gasteiger partial charge on any atom is -0.493 e. The Morgan fingerprint density at radius 3 is 1.55 bits per heavy atom. The first-order chi connectivity index (χ1) is 16.2. The van der Waals surface area contributed by atoms with Crippen LogP contribution in [-0.2, 0) is 27.1 Å². The van der Waals surface area contributed by atoms with E-state index in [1.54, 1.807) is 0 Å². The summed E-state index contributed by atoms with van der Waals surface area (Å²) < 4.78 is 29.8. The summed E-state index contributed by atoms with van der Waals surface area (Å²) in [5, 5.41) is 0. The molecule has 2 aliphatic heterocycles. The van der Waals surface area contributed by atoms with Crippen molar-refractivity contribution >= 4 is 0 Å². The van der Waals surface area contributed by atoms with Crippen LogP contribution in [0.3, 0.4) is 0 Å². The van der Waals surface area contributed by atoms with Crippen LogP contribution < -0.4 is 9.47 Å². The van der Waals surface area contributed by atoms with Crippen LogP contribution >= 0.6 is 0 Å². The highest BCUT2D eigenvalue weighted by Gasteiger charge is 2.36. The molecule has 5 heteroatoms. The van der Waals surface area contributed by atoms with E-state index in [1.165, 1.54) is 11.1 Å². The van der Waals surface area contributed by atoms with E-state index < -0.39 is 0 Å². The van der Waals surface area contributed by atoms with Gasteiger partial charge in [0, 0.05) is 24.7 Å². The highest BCUT2D eigenvalue weighted by atomic mass is 16.5. The fraction of sp³-hybridized carbons (Fsp3) is 0.571. The van der Waals surface area contributed by atoms with Crippen molar-refractivity contribution in [2.24, 2.45) is 11.8 Å². The van der Waals surface area contributed by atoms with Crippen LogP contribution in [0, 0.1) is 11.8 Å². The number of aryl methyl sites for hydroxylation is 2. The number of rotatable bonds is 14. The third-order valence-electron chi connectivity index (χ3n) is 6.68. The summed E-state index contributed by atoms with van der Waals surface area (Å²) in [4.78, 5) is 0. The summed E-state index contributed by atoms with van der Waals surface area (Å²) in [6.45, 7) is 8.68. The molecule has 33 heavy (non-hydrogen) atoms. The first kappa shape index (κ1) is 24.1. The maximum atomic E-state index is 6.70. The van der Waals surface area contributed by atoms with Gasteiger partial charge in [-0.2, -0.15) is 0 Å². The van der Waals surface area contributed by atoms with Gasteiger partial charge in [0.25, 0.3) is 0 Å². The van der Waals surface area contributed by atoms with E-state index >= 15 is 0 Å². The molecule has 0 radical (unpaired) electrons. The molecule has 0 spiro atoms. The molecule has 2 aromatic carbocycles. The number of hydrogen-bond donors (Lipinski definition) is 0. The molecular weight excluding hydrogens is 416 g/mol. The Balaban J connectivity index is 1.30. The summed E-state index contributed by atoms with van der Waals surface area (Å²) in [5.74, 6) is 2.73. The molecular formula is C28H38O5. The molecule has 2 heterocycles. The van der Waals surface area contributed by atoms with Gasteiger partial charge in [0.05, 0.1) is 51.8 Å². The molecule has 180 valence electrons. The Kier molecular flexibility index (Phi) is 9.04. The summed E-state index contributed by atoms with van der Waals surface area (Å²) >= 11 is 0. The van der Waals surface area contributed by atoms with Crippen molar-refractivity contribution in [2.75, 3.05) is 39.6 Å². The summed E-state index contributed by atoms with van der Waals surface area (Å²) in [5.41, 5.74) is 2.59. The third kappa shape index (κ3) is 6.95. The Labute approximate surface area is 198 Å². The Hall–Kier alpha value is -2.08. The zero-order chi connectivity index (χ0) is 22.9. The van der Waals surface area contributed by atoms with Gasteiger partial charge in [-0.15, -0.1) is 0 Å². The molecule has 0 saturated carbocycles. The van der Waals surface area contributed by atoms with E-state index in [0.29, 0.717) is 25.0 Å². The largest absolute Gasteiger partial charge is 0.493 e. The average molecular weight is 455 g/mol. The molecule has 2 fully saturated rings. The maximum absolute atomic E-state index is 6.70. The first-order valence-electron chi connectivity index (χ1n) is 12.5. The Bertz CT molecular complexity index is 776. The number of ether oxygens (including phenoxy) is 5. The second-order valence-corrected chi connectivity index (χ2v) is 9.08. The van der Waals surface area contributed by atoms with Gasteiger partial charge in [-0.3, -0.25) is 0 Å². The van der Waals surface area contributed by atoms with E-state index in [4.69, 9.17) is 23.7 Å². The lowest BCUT2D eigenvalue weighted by atomic mass is 9.94. The van der Waals surface area contributed by atoms with Crippen LogP contribution in [0.1, 0.15) is 37.8 Å². The maximum Gasteiger partial charge on any atom is 0.119 e. The average Bonchev–Trinajstić information content (AvgIpc) is 2.77. The van der Waals surface area contributed by atoms with Crippen molar-refractivity contribution < 1.29 is 23.7 Å². The minimum atomic E-state index is 0.127. The predicted molar refractivity (Wildman–Crippen MR) is 129 cm³/mol. The monoisotopic (exact) mass is 454 g/mol. The highest BCUT2D eigenvalue weighted by molar-refractivity contribution is 5.29. The molecule has 2 unspecified atom stereocenters. The predicted octanol–water partition coefficient (Wildman–Crippen LogP) is 5.10. The lowest BCUT2D eigenvalue weighted by molar-refractivity contribution is -0.180. The second-order valence-electron chi connectivity index (χ2n) is 9.08. The smallest absolute Gasteiger partial charge is 0.119 e. The van der Waals surface area contributed by atoms with Crippen LogP contribution in [0.5, 0.6) is 11.5 Å². The van der Waals surface area contributed by atoms with Crippen molar-refractivity contribution in [2.45, 2.75) is 51.7 Å². The fourth-order valence-electron chi connectivity index (χ4n) is 4.29. The standard InChI is InChI=1S/C28H38O5/c1-3-21-7-5-9-25(15-21)31-13-11-27(23-17-29-18-23)33-28(24-19-30-20-24)12-14-32-26-10-6-8-22(4-2)16-26/h5-10,15-16,23-24,27-28H,3-4,11-14,17-20H2,1-2H3. The molecule has 4 rings (SSSR count). The Morgan fingerprint density at radius 2 is 1.18 bits per heavy atom. The zero-order valence-electron chi connectivity index (χ0n) is 20.0. The topological polar surface area (TPSA) is 46.2 Å². The number of benzene rings is 2. The first-order valence-corrected chi connectivity index (χ1v) is 12.5. The molecule has 2 aromatic rings. The highest BCUT2D eigenvalue weighted by Crippen LogP contribution is 2.28. The molecule has 2 saturated heterocycles.